The lowest BCUT2D eigenvalue weighted by Crippen LogP contribution is -2.49. The molecule has 1 heterocycles. The highest BCUT2D eigenvalue weighted by Crippen LogP contribution is 2.34. The fraction of sp³-hybridized carbons (Fsp3) is 0.538. The summed E-state index contributed by atoms with van der Waals surface area (Å²) in [5.41, 5.74) is 6.66. The molecule has 1 amide bonds. The average Bonchev–Trinajstić information content (AvgIpc) is 2.38. The van der Waals surface area contributed by atoms with Crippen LogP contribution in [0.3, 0.4) is 0 Å². The maximum absolute atomic E-state index is 12.0. The number of pyridine rings is 1. The van der Waals surface area contributed by atoms with Crippen LogP contribution in [0.4, 0.5) is 0 Å². The Labute approximate surface area is 107 Å². The molecule has 1 fully saturated rings. The first-order valence-corrected chi connectivity index (χ1v) is 6.17. The highest BCUT2D eigenvalue weighted by Gasteiger charge is 2.37. The van der Waals surface area contributed by atoms with Gasteiger partial charge in [0.1, 0.15) is 0 Å². The maximum Gasteiger partial charge on any atom is 0.251 e. The van der Waals surface area contributed by atoms with E-state index in [4.69, 9.17) is 10.5 Å². The molecule has 5 heteroatoms. The van der Waals surface area contributed by atoms with Crippen LogP contribution < -0.4 is 11.1 Å². The molecular formula is C13H19N3O2. The molecule has 18 heavy (non-hydrogen) atoms. The highest BCUT2D eigenvalue weighted by atomic mass is 16.5. The first-order valence-electron chi connectivity index (χ1n) is 6.17. The van der Waals surface area contributed by atoms with E-state index in [1.807, 2.05) is 0 Å². The Hall–Kier alpha value is -1.46. The van der Waals surface area contributed by atoms with E-state index >= 15 is 0 Å². The number of hydrogen-bond donors (Lipinski definition) is 2. The van der Waals surface area contributed by atoms with Crippen molar-refractivity contribution < 1.29 is 9.53 Å². The maximum atomic E-state index is 12.0. The summed E-state index contributed by atoms with van der Waals surface area (Å²) in [6.45, 7) is 0.895. The highest BCUT2D eigenvalue weighted by molar-refractivity contribution is 5.94. The zero-order valence-electron chi connectivity index (χ0n) is 10.6. The Kier molecular flexibility index (Phi) is 3.93. The summed E-state index contributed by atoms with van der Waals surface area (Å²) >= 11 is 0. The van der Waals surface area contributed by atoms with Crippen LogP contribution in [0.1, 0.15) is 35.3 Å². The predicted octanol–water partition coefficient (Wildman–Crippen LogP) is 0.839. The van der Waals surface area contributed by atoms with Crippen LogP contribution in [-0.4, -0.2) is 30.1 Å². The van der Waals surface area contributed by atoms with Gasteiger partial charge < -0.3 is 15.8 Å². The van der Waals surface area contributed by atoms with Crippen molar-refractivity contribution >= 4 is 5.91 Å². The molecule has 0 aliphatic heterocycles. The van der Waals surface area contributed by atoms with Gasteiger partial charge in [0, 0.05) is 32.0 Å². The summed E-state index contributed by atoms with van der Waals surface area (Å²) in [6.07, 6.45) is 4.78. The lowest BCUT2D eigenvalue weighted by Gasteiger charge is -2.40. The SMILES string of the molecule is COC1(CNC(=O)c2ccnc(CN)c2)CCC1. The minimum Gasteiger partial charge on any atom is -0.376 e. The Morgan fingerprint density at radius 3 is 2.94 bits per heavy atom. The van der Waals surface area contributed by atoms with Gasteiger partial charge in [0.15, 0.2) is 0 Å². The van der Waals surface area contributed by atoms with Crippen molar-refractivity contribution in [3.63, 3.8) is 0 Å². The first kappa shape index (κ1) is 13.0. The zero-order chi connectivity index (χ0) is 13.0. The summed E-state index contributed by atoms with van der Waals surface area (Å²) in [5, 5.41) is 2.91. The Morgan fingerprint density at radius 1 is 1.61 bits per heavy atom. The third-order valence-corrected chi connectivity index (χ3v) is 3.56. The molecule has 1 saturated carbocycles. The number of carbonyl (C=O) groups excluding carboxylic acids is 1. The van der Waals surface area contributed by atoms with Crippen molar-refractivity contribution in [3.05, 3.63) is 29.6 Å². The van der Waals surface area contributed by atoms with E-state index in [9.17, 15) is 4.79 Å². The first-order chi connectivity index (χ1) is 8.69. The van der Waals surface area contributed by atoms with Gasteiger partial charge in [0.05, 0.1) is 11.3 Å². The number of aromatic nitrogens is 1. The number of nitrogens with two attached hydrogens (primary N) is 1. The predicted molar refractivity (Wildman–Crippen MR) is 68.1 cm³/mol. The molecule has 3 N–H and O–H groups in total. The molecule has 0 unspecified atom stereocenters. The van der Waals surface area contributed by atoms with Gasteiger partial charge in [0.2, 0.25) is 0 Å². The second-order valence-electron chi connectivity index (χ2n) is 4.66. The Balaban J connectivity index is 1.95. The number of methoxy groups -OCH3 is 1. The number of carbonyl (C=O) groups is 1. The quantitative estimate of drug-likeness (QED) is 0.810. The zero-order valence-corrected chi connectivity index (χ0v) is 10.6. The number of rotatable bonds is 5. The summed E-state index contributed by atoms with van der Waals surface area (Å²) in [6, 6.07) is 3.41. The Morgan fingerprint density at radius 2 is 2.39 bits per heavy atom. The average molecular weight is 249 g/mol. The second-order valence-corrected chi connectivity index (χ2v) is 4.66. The molecule has 98 valence electrons. The lowest BCUT2D eigenvalue weighted by atomic mass is 9.80. The van der Waals surface area contributed by atoms with Crippen LogP contribution >= 0.6 is 0 Å². The van der Waals surface area contributed by atoms with Crippen molar-refractivity contribution in [2.75, 3.05) is 13.7 Å². The van der Waals surface area contributed by atoms with E-state index in [2.05, 4.69) is 10.3 Å². The monoisotopic (exact) mass is 249 g/mol. The van der Waals surface area contributed by atoms with Crippen LogP contribution in [0.15, 0.2) is 18.3 Å². The number of nitrogens with one attached hydrogen (secondary N) is 1. The molecule has 0 bridgehead atoms. The minimum absolute atomic E-state index is 0.101. The van der Waals surface area contributed by atoms with E-state index < -0.39 is 0 Å². The normalized spacial score (nSPS) is 17.0. The molecule has 1 aliphatic rings. The van der Waals surface area contributed by atoms with Crippen LogP contribution in [0.2, 0.25) is 0 Å². The molecule has 0 saturated heterocycles. The van der Waals surface area contributed by atoms with Gasteiger partial charge in [-0.15, -0.1) is 0 Å². The summed E-state index contributed by atoms with van der Waals surface area (Å²) in [7, 11) is 1.70. The van der Waals surface area contributed by atoms with E-state index in [0.717, 1.165) is 19.3 Å². The standard InChI is InChI=1S/C13H19N3O2/c1-18-13(4-2-5-13)9-16-12(17)10-3-6-15-11(7-10)8-14/h3,6-7H,2,4-5,8-9,14H2,1H3,(H,16,17). The topological polar surface area (TPSA) is 77.2 Å². The molecular weight excluding hydrogens is 230 g/mol. The second kappa shape index (κ2) is 5.46. The van der Waals surface area contributed by atoms with Crippen LogP contribution in [0, 0.1) is 0 Å². The van der Waals surface area contributed by atoms with Crippen molar-refractivity contribution in [3.8, 4) is 0 Å². The molecule has 0 atom stereocenters. The van der Waals surface area contributed by atoms with Gasteiger partial charge in [-0.2, -0.15) is 0 Å². The van der Waals surface area contributed by atoms with Crippen molar-refractivity contribution in [2.45, 2.75) is 31.4 Å². The van der Waals surface area contributed by atoms with E-state index in [0.29, 0.717) is 24.3 Å². The fourth-order valence-corrected chi connectivity index (χ4v) is 2.10. The van der Waals surface area contributed by atoms with Crippen molar-refractivity contribution in [1.29, 1.82) is 0 Å². The molecule has 0 radical (unpaired) electrons. The third kappa shape index (κ3) is 2.68. The van der Waals surface area contributed by atoms with Gasteiger partial charge in [0.25, 0.3) is 5.91 Å². The van der Waals surface area contributed by atoms with Gasteiger partial charge in [-0.05, 0) is 31.4 Å². The third-order valence-electron chi connectivity index (χ3n) is 3.56. The molecule has 0 spiro atoms. The van der Waals surface area contributed by atoms with Gasteiger partial charge in [-0.1, -0.05) is 0 Å². The van der Waals surface area contributed by atoms with Crippen LogP contribution in [0.25, 0.3) is 0 Å². The minimum atomic E-state index is -0.153. The van der Waals surface area contributed by atoms with Gasteiger partial charge in [-0.25, -0.2) is 0 Å². The van der Waals surface area contributed by atoms with Crippen molar-refractivity contribution in [2.24, 2.45) is 5.73 Å². The number of ether oxygens (including phenoxy) is 1. The van der Waals surface area contributed by atoms with Crippen molar-refractivity contribution in [1.82, 2.24) is 10.3 Å². The number of amides is 1. The van der Waals surface area contributed by atoms with Gasteiger partial charge >= 0.3 is 0 Å². The molecule has 1 aliphatic carbocycles. The number of hydrogen-bond acceptors (Lipinski definition) is 4. The van der Waals surface area contributed by atoms with Crippen LogP contribution in [-0.2, 0) is 11.3 Å². The summed E-state index contributed by atoms with van der Waals surface area (Å²) < 4.78 is 5.46. The summed E-state index contributed by atoms with van der Waals surface area (Å²) in [5.74, 6) is -0.101. The molecule has 1 aromatic rings. The summed E-state index contributed by atoms with van der Waals surface area (Å²) in [4.78, 5) is 16.0. The van der Waals surface area contributed by atoms with Gasteiger partial charge in [-0.3, -0.25) is 9.78 Å². The largest absolute Gasteiger partial charge is 0.376 e. The lowest BCUT2D eigenvalue weighted by molar-refractivity contribution is -0.0679. The fourth-order valence-electron chi connectivity index (χ4n) is 2.10. The molecule has 1 aromatic heterocycles. The van der Waals surface area contributed by atoms with Crippen LogP contribution in [0.5, 0.6) is 0 Å². The van der Waals surface area contributed by atoms with E-state index in [1.54, 1.807) is 25.4 Å². The number of nitrogens with zero attached hydrogens (tertiary/aromatic N) is 1. The van der Waals surface area contributed by atoms with E-state index in [1.165, 1.54) is 0 Å². The molecule has 0 aromatic carbocycles. The molecule has 2 rings (SSSR count). The van der Waals surface area contributed by atoms with E-state index in [-0.39, 0.29) is 11.5 Å². The Bertz CT molecular complexity index is 424. The smallest absolute Gasteiger partial charge is 0.251 e. The molecule has 5 nitrogen and oxygen atoms in total.